The number of hydrogen-bond donors (Lipinski definition) is 11. The lowest BCUT2D eigenvalue weighted by Gasteiger charge is -2.28. The van der Waals surface area contributed by atoms with Crippen molar-refractivity contribution in [3.8, 4) is 0 Å². The number of carbonyl (C=O) groups excluding carboxylic acids is 5. The van der Waals surface area contributed by atoms with E-state index in [0.29, 0.717) is 37.9 Å². The molecule has 19 nitrogen and oxygen atoms in total. The molecule has 0 saturated heterocycles. The van der Waals surface area contributed by atoms with E-state index in [-0.39, 0.29) is 37.7 Å². The highest BCUT2D eigenvalue weighted by atomic mass is 16.2. The smallest absolute Gasteiger partial charge is 0.243 e. The molecule has 19 heteroatoms. The number of rotatable bonds is 23. The van der Waals surface area contributed by atoms with Crippen LogP contribution in [0, 0.1) is 5.92 Å². The summed E-state index contributed by atoms with van der Waals surface area (Å²) >= 11 is 0. The molecule has 0 spiro atoms. The fourth-order valence-corrected chi connectivity index (χ4v) is 5.09. The monoisotopic (exact) mass is 726 g/mol. The van der Waals surface area contributed by atoms with Crippen LogP contribution in [0.2, 0.25) is 0 Å². The zero-order chi connectivity index (χ0) is 38.6. The summed E-state index contributed by atoms with van der Waals surface area (Å²) in [6, 6.07) is 3.59. The molecule has 0 radical (unpaired) electrons. The molecular formula is C33H54N14O5. The van der Waals surface area contributed by atoms with E-state index in [1.165, 1.54) is 12.5 Å². The van der Waals surface area contributed by atoms with Crippen LogP contribution in [0.25, 0.3) is 0 Å². The highest BCUT2D eigenvalue weighted by Gasteiger charge is 2.33. The number of unbranched alkanes of at least 4 members (excludes halogenated alkanes) is 1. The van der Waals surface area contributed by atoms with Gasteiger partial charge >= 0.3 is 0 Å². The summed E-state index contributed by atoms with van der Waals surface area (Å²) in [5, 5.41) is 10.8. The number of benzene rings is 1. The number of aliphatic imine (C=N–C) groups is 2. The van der Waals surface area contributed by atoms with Gasteiger partial charge in [-0.25, -0.2) is 4.98 Å². The Balaban J connectivity index is 2.21. The van der Waals surface area contributed by atoms with Crippen molar-refractivity contribution in [2.45, 2.75) is 89.0 Å². The van der Waals surface area contributed by atoms with E-state index in [1.54, 1.807) is 38.1 Å². The number of hydrogen-bond acceptors (Lipinski definition) is 9. The topological polar surface area (TPSA) is 343 Å². The third-order valence-electron chi connectivity index (χ3n) is 7.93. The van der Waals surface area contributed by atoms with Crippen molar-refractivity contribution in [1.29, 1.82) is 0 Å². The molecule has 1 heterocycles. The first-order valence-corrected chi connectivity index (χ1v) is 17.1. The Kier molecular flexibility index (Phi) is 18.1. The molecule has 17 N–H and O–H groups in total. The first kappa shape index (κ1) is 42.4. The van der Waals surface area contributed by atoms with Gasteiger partial charge in [0.15, 0.2) is 11.9 Å². The van der Waals surface area contributed by atoms with Gasteiger partial charge in [-0.2, -0.15) is 0 Å². The van der Waals surface area contributed by atoms with Crippen LogP contribution in [0.15, 0.2) is 52.8 Å². The maximum Gasteiger partial charge on any atom is 0.243 e. The van der Waals surface area contributed by atoms with Crippen LogP contribution in [0.5, 0.6) is 0 Å². The summed E-state index contributed by atoms with van der Waals surface area (Å²) in [4.78, 5) is 81.1. The van der Waals surface area contributed by atoms with Crippen LogP contribution in [-0.2, 0) is 36.8 Å². The average molecular weight is 727 g/mol. The van der Waals surface area contributed by atoms with Crippen LogP contribution in [0.4, 0.5) is 0 Å². The van der Waals surface area contributed by atoms with Gasteiger partial charge in [0.2, 0.25) is 29.5 Å². The molecule has 0 aliphatic heterocycles. The van der Waals surface area contributed by atoms with Gasteiger partial charge < -0.3 is 60.7 Å². The summed E-state index contributed by atoms with van der Waals surface area (Å²) < 4.78 is 0. The second kappa shape index (κ2) is 22.2. The number of amides is 5. The van der Waals surface area contributed by atoms with Crippen molar-refractivity contribution in [2.75, 3.05) is 13.1 Å². The molecule has 5 amide bonds. The third-order valence-corrected chi connectivity index (χ3v) is 7.93. The van der Waals surface area contributed by atoms with Crippen LogP contribution in [0.3, 0.4) is 0 Å². The van der Waals surface area contributed by atoms with Gasteiger partial charge in [-0.3, -0.25) is 34.0 Å². The Bertz CT molecular complexity index is 1490. The van der Waals surface area contributed by atoms with E-state index in [4.69, 9.17) is 34.4 Å². The van der Waals surface area contributed by atoms with Gasteiger partial charge in [0, 0.05) is 37.8 Å². The molecule has 286 valence electrons. The zero-order valence-corrected chi connectivity index (χ0v) is 29.7. The molecule has 5 atom stereocenters. The minimum atomic E-state index is -1.19. The number of aromatic amines is 1. The number of nitrogens with one attached hydrogen (secondary N) is 5. The Hall–Kier alpha value is -5.72. The second-order valence-electron chi connectivity index (χ2n) is 12.6. The minimum absolute atomic E-state index is 0.0134. The number of nitrogens with zero attached hydrogens (tertiary/aromatic N) is 3. The standard InChI is InChI=1S/C33H54N14O5/c1-19(2)26(47-29(50)23(12-8-14-42-33(38)39)44-28(49)22(34)11-6-7-13-41-32(36)37)31(52)46-25(16-21-17-40-18-43-21)30(51)45-24(27(35)48)15-20-9-4-3-5-10-20/h3-5,9-10,17-19,22-26H,6-8,11-16,34H2,1-2H3,(H2,35,48)(H,40,43)(H,44,49)(H,45,51)(H,46,52)(H,47,50)(H4,36,37,41)(H4,38,39,42)/t22-,23-,24-,25-,26-/m0/s1. The van der Waals surface area contributed by atoms with E-state index in [0.717, 1.165) is 5.56 Å². The zero-order valence-electron chi connectivity index (χ0n) is 29.7. The number of aromatic nitrogens is 2. The first-order valence-electron chi connectivity index (χ1n) is 17.1. The van der Waals surface area contributed by atoms with Crippen LogP contribution < -0.4 is 55.7 Å². The molecule has 0 bridgehead atoms. The molecule has 0 aliphatic rings. The Morgan fingerprint density at radius 1 is 0.712 bits per heavy atom. The summed E-state index contributed by atoms with van der Waals surface area (Å²) in [7, 11) is 0. The van der Waals surface area contributed by atoms with E-state index < -0.39 is 65.7 Å². The van der Waals surface area contributed by atoms with Crippen molar-refractivity contribution in [1.82, 2.24) is 31.2 Å². The van der Waals surface area contributed by atoms with E-state index in [2.05, 4.69) is 41.2 Å². The SMILES string of the molecule is CC(C)[C@H](NC(=O)[C@H](CCCN=C(N)N)NC(=O)[C@@H](N)CCCCN=C(N)N)C(=O)N[C@@H](Cc1cnc[nH]1)C(=O)N[C@@H](Cc1ccccc1)C(N)=O. The fraction of sp³-hybridized carbons (Fsp3) is 0.515. The van der Waals surface area contributed by atoms with Crippen molar-refractivity contribution < 1.29 is 24.0 Å². The summed E-state index contributed by atoms with van der Waals surface area (Å²) in [5.41, 5.74) is 34.6. The fourth-order valence-electron chi connectivity index (χ4n) is 5.09. The van der Waals surface area contributed by atoms with Crippen molar-refractivity contribution >= 4 is 41.5 Å². The van der Waals surface area contributed by atoms with Gasteiger partial charge in [0.05, 0.1) is 12.4 Å². The number of carbonyl (C=O) groups is 5. The lowest BCUT2D eigenvalue weighted by molar-refractivity contribution is -0.135. The molecule has 1 aromatic heterocycles. The Labute approximate surface area is 303 Å². The molecule has 0 aliphatic carbocycles. The average Bonchev–Trinajstić information content (AvgIpc) is 3.60. The molecule has 52 heavy (non-hydrogen) atoms. The van der Waals surface area contributed by atoms with Gasteiger partial charge in [0.1, 0.15) is 24.2 Å². The number of primary amides is 1. The molecule has 0 unspecified atom stereocenters. The Morgan fingerprint density at radius 2 is 1.31 bits per heavy atom. The molecule has 2 rings (SSSR count). The third kappa shape index (κ3) is 15.9. The summed E-state index contributed by atoms with van der Waals surface area (Å²) in [6.07, 6.45) is 4.95. The highest BCUT2D eigenvalue weighted by molar-refractivity contribution is 5.96. The molecule has 2 aromatic rings. The lowest BCUT2D eigenvalue weighted by atomic mass is 10.0. The Morgan fingerprint density at radius 3 is 1.88 bits per heavy atom. The van der Waals surface area contributed by atoms with E-state index in [9.17, 15) is 24.0 Å². The molecule has 1 aromatic carbocycles. The molecular weight excluding hydrogens is 672 g/mol. The molecule has 0 fully saturated rings. The van der Waals surface area contributed by atoms with Crippen molar-refractivity contribution in [3.05, 3.63) is 54.1 Å². The maximum atomic E-state index is 13.8. The highest BCUT2D eigenvalue weighted by Crippen LogP contribution is 2.10. The van der Waals surface area contributed by atoms with Crippen molar-refractivity contribution in [2.24, 2.45) is 50.3 Å². The number of imidazole rings is 1. The normalized spacial score (nSPS) is 13.8. The van der Waals surface area contributed by atoms with Gasteiger partial charge in [-0.1, -0.05) is 44.2 Å². The predicted molar refractivity (Wildman–Crippen MR) is 197 cm³/mol. The van der Waals surface area contributed by atoms with Crippen LogP contribution in [0.1, 0.15) is 57.2 Å². The maximum absolute atomic E-state index is 13.8. The largest absolute Gasteiger partial charge is 0.370 e. The van der Waals surface area contributed by atoms with Gasteiger partial charge in [-0.15, -0.1) is 0 Å². The summed E-state index contributed by atoms with van der Waals surface area (Å²) in [5.74, 6) is -3.93. The number of H-pyrrole nitrogens is 1. The van der Waals surface area contributed by atoms with Crippen molar-refractivity contribution in [3.63, 3.8) is 0 Å². The number of nitrogens with two attached hydrogens (primary N) is 6. The lowest BCUT2D eigenvalue weighted by Crippen LogP contribution is -2.60. The predicted octanol–water partition coefficient (Wildman–Crippen LogP) is -2.90. The second-order valence-corrected chi connectivity index (χ2v) is 12.6. The van der Waals surface area contributed by atoms with Gasteiger partial charge in [0.25, 0.3) is 0 Å². The molecule has 0 saturated carbocycles. The van der Waals surface area contributed by atoms with Crippen LogP contribution in [-0.4, -0.2) is 94.7 Å². The van der Waals surface area contributed by atoms with E-state index >= 15 is 0 Å². The quantitative estimate of drug-likeness (QED) is 0.0313. The van der Waals surface area contributed by atoms with E-state index in [1.807, 2.05) is 6.07 Å². The van der Waals surface area contributed by atoms with Crippen LogP contribution >= 0.6 is 0 Å². The summed E-state index contributed by atoms with van der Waals surface area (Å²) in [6.45, 7) is 3.99. The number of guanidine groups is 2. The minimum Gasteiger partial charge on any atom is -0.370 e. The first-order chi connectivity index (χ1) is 24.7. The van der Waals surface area contributed by atoms with Gasteiger partial charge in [-0.05, 0) is 43.6 Å².